The van der Waals surface area contributed by atoms with Crippen molar-refractivity contribution >= 4 is 31.6 Å². The molecule has 1 aromatic carbocycles. The molecular formula is C18H25N3O2S2. The zero-order valence-electron chi connectivity index (χ0n) is 14.9. The third-order valence-corrected chi connectivity index (χ3v) is 8.61. The van der Waals surface area contributed by atoms with Crippen LogP contribution in [0.4, 0.5) is 0 Å². The van der Waals surface area contributed by atoms with E-state index in [1.54, 1.807) is 21.7 Å². The number of benzene rings is 1. The molecule has 2 bridgehead atoms. The van der Waals surface area contributed by atoms with Crippen LogP contribution in [0.15, 0.2) is 23.1 Å². The van der Waals surface area contributed by atoms with Gasteiger partial charge in [0.15, 0.2) is 0 Å². The van der Waals surface area contributed by atoms with Gasteiger partial charge in [0.25, 0.3) is 0 Å². The SMILES string of the molecule is CC(C)(C)c1nc2ccc(S(=O)(=O)N3C4CCNCC3CC4)cc2s1. The molecule has 1 N–H and O–H groups in total. The summed E-state index contributed by atoms with van der Waals surface area (Å²) < 4.78 is 29.4. The molecule has 7 heteroatoms. The third-order valence-electron chi connectivity index (χ3n) is 5.16. The topological polar surface area (TPSA) is 62.3 Å². The molecule has 25 heavy (non-hydrogen) atoms. The van der Waals surface area contributed by atoms with Crippen LogP contribution in [0.1, 0.15) is 45.0 Å². The van der Waals surface area contributed by atoms with Crippen molar-refractivity contribution in [2.75, 3.05) is 13.1 Å². The number of aromatic nitrogens is 1. The molecule has 0 amide bonds. The Hall–Kier alpha value is -1.02. The van der Waals surface area contributed by atoms with Gasteiger partial charge in [0.2, 0.25) is 10.0 Å². The summed E-state index contributed by atoms with van der Waals surface area (Å²) in [6, 6.07) is 5.61. The highest BCUT2D eigenvalue weighted by atomic mass is 32.2. The highest BCUT2D eigenvalue weighted by molar-refractivity contribution is 7.89. The van der Waals surface area contributed by atoms with Crippen molar-refractivity contribution in [1.82, 2.24) is 14.6 Å². The molecule has 4 rings (SSSR count). The number of hydrogen-bond acceptors (Lipinski definition) is 5. The van der Waals surface area contributed by atoms with E-state index in [1.807, 2.05) is 12.1 Å². The van der Waals surface area contributed by atoms with E-state index in [9.17, 15) is 8.42 Å². The second-order valence-electron chi connectivity index (χ2n) is 8.11. The Bertz CT molecular complexity index is 885. The Labute approximate surface area is 153 Å². The summed E-state index contributed by atoms with van der Waals surface area (Å²) in [5, 5.41) is 4.41. The number of rotatable bonds is 2. The van der Waals surface area contributed by atoms with Gasteiger partial charge in [0.05, 0.1) is 20.1 Å². The van der Waals surface area contributed by atoms with Gasteiger partial charge in [-0.25, -0.2) is 13.4 Å². The maximum Gasteiger partial charge on any atom is 0.243 e. The number of fused-ring (bicyclic) bond motifs is 3. The second-order valence-corrected chi connectivity index (χ2v) is 11.0. The standard InChI is InChI=1S/C18H25N3O2S2/c1-18(2,3)17-20-15-7-6-14(10-16(15)24-17)25(22,23)21-12-4-5-13(21)11-19-9-8-12/h6-7,10,12-13,19H,4-5,8-9,11H2,1-3H3. The first-order chi connectivity index (χ1) is 11.8. The van der Waals surface area contributed by atoms with E-state index in [2.05, 4.69) is 31.1 Å². The maximum absolute atomic E-state index is 13.3. The van der Waals surface area contributed by atoms with Crippen LogP contribution in [0.3, 0.4) is 0 Å². The molecule has 2 fully saturated rings. The van der Waals surface area contributed by atoms with Crippen molar-refractivity contribution in [3.05, 3.63) is 23.2 Å². The van der Waals surface area contributed by atoms with Gasteiger partial charge in [-0.3, -0.25) is 0 Å². The van der Waals surface area contributed by atoms with Crippen LogP contribution in [-0.4, -0.2) is 42.9 Å². The smallest absolute Gasteiger partial charge is 0.243 e. The van der Waals surface area contributed by atoms with E-state index < -0.39 is 10.0 Å². The molecule has 3 heterocycles. The van der Waals surface area contributed by atoms with Gasteiger partial charge >= 0.3 is 0 Å². The molecule has 5 nitrogen and oxygen atoms in total. The van der Waals surface area contributed by atoms with Crippen molar-refractivity contribution in [3.8, 4) is 0 Å². The highest BCUT2D eigenvalue weighted by Crippen LogP contribution is 2.36. The van der Waals surface area contributed by atoms with E-state index in [1.165, 1.54) is 0 Å². The first-order valence-corrected chi connectivity index (χ1v) is 11.2. The molecule has 2 aromatic rings. The van der Waals surface area contributed by atoms with Crippen LogP contribution in [-0.2, 0) is 15.4 Å². The molecule has 0 aliphatic carbocycles. The minimum absolute atomic E-state index is 0.0295. The molecule has 0 radical (unpaired) electrons. The summed E-state index contributed by atoms with van der Waals surface area (Å²) >= 11 is 1.60. The molecule has 136 valence electrons. The number of sulfonamides is 1. The Morgan fingerprint density at radius 1 is 1.20 bits per heavy atom. The first-order valence-electron chi connectivity index (χ1n) is 8.92. The van der Waals surface area contributed by atoms with Crippen LogP contribution in [0.2, 0.25) is 0 Å². The summed E-state index contributed by atoms with van der Waals surface area (Å²) in [6.45, 7) is 8.04. The predicted molar refractivity (Wildman–Crippen MR) is 102 cm³/mol. The summed E-state index contributed by atoms with van der Waals surface area (Å²) in [6.07, 6.45) is 2.82. The monoisotopic (exact) mass is 379 g/mol. The highest BCUT2D eigenvalue weighted by Gasteiger charge is 2.43. The lowest BCUT2D eigenvalue weighted by Crippen LogP contribution is -2.42. The number of nitrogens with one attached hydrogen (secondary N) is 1. The van der Waals surface area contributed by atoms with E-state index in [-0.39, 0.29) is 17.5 Å². The van der Waals surface area contributed by atoms with Gasteiger partial charge in [-0.2, -0.15) is 4.31 Å². The van der Waals surface area contributed by atoms with Gasteiger partial charge in [-0.15, -0.1) is 11.3 Å². The van der Waals surface area contributed by atoms with E-state index in [0.29, 0.717) is 4.90 Å². The zero-order chi connectivity index (χ0) is 17.8. The van der Waals surface area contributed by atoms with Crippen LogP contribution >= 0.6 is 11.3 Å². The van der Waals surface area contributed by atoms with Crippen molar-refractivity contribution < 1.29 is 8.42 Å². The van der Waals surface area contributed by atoms with Crippen molar-refractivity contribution in [2.45, 2.75) is 62.4 Å². The lowest BCUT2D eigenvalue weighted by Gasteiger charge is -2.26. The van der Waals surface area contributed by atoms with Gasteiger partial charge in [-0.1, -0.05) is 20.8 Å². The first kappa shape index (κ1) is 17.4. The number of nitrogens with zero attached hydrogens (tertiary/aromatic N) is 2. The van der Waals surface area contributed by atoms with E-state index in [0.717, 1.165) is 47.6 Å². The van der Waals surface area contributed by atoms with Gasteiger partial charge in [-0.05, 0) is 44.0 Å². The minimum Gasteiger partial charge on any atom is -0.315 e. The summed E-state index contributed by atoms with van der Waals surface area (Å²) in [7, 11) is -3.47. The van der Waals surface area contributed by atoms with Gasteiger partial charge in [0, 0.05) is 24.0 Å². The fourth-order valence-electron chi connectivity index (χ4n) is 3.84. The molecule has 1 aromatic heterocycles. The second kappa shape index (κ2) is 6.01. The molecule has 2 atom stereocenters. The lowest BCUT2D eigenvalue weighted by atomic mass is 9.98. The quantitative estimate of drug-likeness (QED) is 0.871. The number of thiazole rings is 1. The molecule has 0 spiro atoms. The van der Waals surface area contributed by atoms with Gasteiger partial charge < -0.3 is 5.32 Å². The summed E-state index contributed by atoms with van der Waals surface area (Å²) in [5.74, 6) is 0. The largest absolute Gasteiger partial charge is 0.315 e. The zero-order valence-corrected chi connectivity index (χ0v) is 16.6. The Morgan fingerprint density at radius 2 is 1.96 bits per heavy atom. The Kier molecular flexibility index (Phi) is 4.18. The van der Waals surface area contributed by atoms with Crippen molar-refractivity contribution in [2.24, 2.45) is 0 Å². The lowest BCUT2D eigenvalue weighted by molar-refractivity contribution is 0.334. The Balaban J connectivity index is 1.75. The van der Waals surface area contributed by atoms with E-state index in [4.69, 9.17) is 0 Å². The van der Waals surface area contributed by atoms with Crippen molar-refractivity contribution in [1.29, 1.82) is 0 Å². The molecule has 0 saturated carbocycles. The van der Waals surface area contributed by atoms with Crippen LogP contribution < -0.4 is 5.32 Å². The average molecular weight is 380 g/mol. The van der Waals surface area contributed by atoms with Crippen LogP contribution in [0, 0.1) is 0 Å². The average Bonchev–Trinajstić information content (AvgIpc) is 3.06. The molecular weight excluding hydrogens is 354 g/mol. The summed E-state index contributed by atoms with van der Waals surface area (Å²) in [5.41, 5.74) is 0.854. The summed E-state index contributed by atoms with van der Waals surface area (Å²) in [4.78, 5) is 5.08. The molecule has 2 aliphatic heterocycles. The predicted octanol–water partition coefficient (Wildman–Crippen LogP) is 3.11. The maximum atomic E-state index is 13.3. The van der Waals surface area contributed by atoms with Crippen LogP contribution in [0.5, 0.6) is 0 Å². The van der Waals surface area contributed by atoms with Gasteiger partial charge in [0.1, 0.15) is 0 Å². The molecule has 2 saturated heterocycles. The Morgan fingerprint density at radius 3 is 2.72 bits per heavy atom. The molecule has 2 aliphatic rings. The fourth-order valence-corrected chi connectivity index (χ4v) is 6.90. The van der Waals surface area contributed by atoms with Crippen molar-refractivity contribution in [3.63, 3.8) is 0 Å². The minimum atomic E-state index is -3.47. The van der Waals surface area contributed by atoms with Crippen LogP contribution in [0.25, 0.3) is 10.2 Å². The molecule has 2 unspecified atom stereocenters. The number of hydrogen-bond donors (Lipinski definition) is 1. The third kappa shape index (κ3) is 3.01. The fraction of sp³-hybridized carbons (Fsp3) is 0.611. The van der Waals surface area contributed by atoms with E-state index >= 15 is 0 Å². The normalized spacial score (nSPS) is 25.4.